The summed E-state index contributed by atoms with van der Waals surface area (Å²) in [4.78, 5) is 11.6. The summed E-state index contributed by atoms with van der Waals surface area (Å²) in [5.74, 6) is 0.750. The molecule has 0 radical (unpaired) electrons. The highest BCUT2D eigenvalue weighted by Crippen LogP contribution is 2.25. The largest absolute Gasteiger partial charge is 0.484 e. The number of fused-ring (bicyclic) bond motifs is 1. The van der Waals surface area contributed by atoms with Crippen LogP contribution in [0.5, 0.6) is 5.75 Å². The maximum absolute atomic E-state index is 11.6. The molecule has 1 aromatic carbocycles. The minimum Gasteiger partial charge on any atom is -0.484 e. The number of ether oxygens (including phenoxy) is 1. The van der Waals surface area contributed by atoms with E-state index in [9.17, 15) is 4.79 Å². The van der Waals surface area contributed by atoms with E-state index in [1.54, 1.807) is 0 Å². The van der Waals surface area contributed by atoms with Gasteiger partial charge in [0.25, 0.3) is 5.91 Å². The van der Waals surface area contributed by atoms with E-state index in [-0.39, 0.29) is 18.6 Å². The maximum Gasteiger partial charge on any atom is 0.258 e. The number of aryl methyl sites for hydroxylation is 2. The van der Waals surface area contributed by atoms with Gasteiger partial charge >= 0.3 is 0 Å². The van der Waals surface area contributed by atoms with Gasteiger partial charge in [-0.1, -0.05) is 13.0 Å². The fourth-order valence-electron chi connectivity index (χ4n) is 2.21. The monoisotopic (exact) mass is 247 g/mol. The second-order valence-electron chi connectivity index (χ2n) is 4.95. The first-order chi connectivity index (χ1) is 8.69. The molecular weight excluding hydrogens is 226 g/mol. The van der Waals surface area contributed by atoms with E-state index in [1.807, 2.05) is 19.9 Å². The molecule has 1 amide bonds. The van der Waals surface area contributed by atoms with Crippen molar-refractivity contribution in [1.29, 1.82) is 0 Å². The Morgan fingerprint density at radius 3 is 2.94 bits per heavy atom. The van der Waals surface area contributed by atoms with E-state index in [0.717, 1.165) is 18.6 Å². The van der Waals surface area contributed by atoms with Crippen LogP contribution in [0.3, 0.4) is 0 Å². The topological polar surface area (TPSA) is 38.3 Å². The Labute approximate surface area is 109 Å². The summed E-state index contributed by atoms with van der Waals surface area (Å²) in [5.41, 5.74) is 2.79. The first-order valence-electron chi connectivity index (χ1n) is 6.73. The van der Waals surface area contributed by atoms with Crippen LogP contribution in [0.1, 0.15) is 37.8 Å². The lowest BCUT2D eigenvalue weighted by Gasteiger charge is -2.12. The zero-order chi connectivity index (χ0) is 13.0. The van der Waals surface area contributed by atoms with E-state index in [2.05, 4.69) is 17.4 Å². The third-order valence-corrected chi connectivity index (χ3v) is 3.46. The van der Waals surface area contributed by atoms with Crippen LogP contribution in [-0.2, 0) is 17.6 Å². The summed E-state index contributed by atoms with van der Waals surface area (Å²) in [5, 5.41) is 2.89. The maximum atomic E-state index is 11.6. The molecule has 1 unspecified atom stereocenters. The third-order valence-electron chi connectivity index (χ3n) is 3.46. The van der Waals surface area contributed by atoms with Gasteiger partial charge in [0.05, 0.1) is 0 Å². The van der Waals surface area contributed by atoms with Crippen molar-refractivity contribution in [3.63, 3.8) is 0 Å². The average molecular weight is 247 g/mol. The van der Waals surface area contributed by atoms with Crippen LogP contribution in [0, 0.1) is 0 Å². The van der Waals surface area contributed by atoms with Gasteiger partial charge in [0.2, 0.25) is 0 Å². The van der Waals surface area contributed by atoms with Crippen molar-refractivity contribution < 1.29 is 9.53 Å². The lowest BCUT2D eigenvalue weighted by Crippen LogP contribution is -2.35. The van der Waals surface area contributed by atoms with Crippen LogP contribution >= 0.6 is 0 Å². The van der Waals surface area contributed by atoms with E-state index in [0.29, 0.717) is 0 Å². The Morgan fingerprint density at radius 2 is 2.17 bits per heavy atom. The number of amides is 1. The van der Waals surface area contributed by atoms with E-state index >= 15 is 0 Å². The summed E-state index contributed by atoms with van der Waals surface area (Å²) >= 11 is 0. The molecule has 18 heavy (non-hydrogen) atoms. The molecule has 0 saturated heterocycles. The molecular formula is C15H21NO2. The highest BCUT2D eigenvalue weighted by molar-refractivity contribution is 5.77. The minimum atomic E-state index is -0.0511. The number of hydrogen-bond donors (Lipinski definition) is 1. The number of hydrogen-bond acceptors (Lipinski definition) is 2. The van der Waals surface area contributed by atoms with Crippen LogP contribution < -0.4 is 10.1 Å². The zero-order valence-electron chi connectivity index (χ0n) is 11.2. The van der Waals surface area contributed by atoms with Crippen LogP contribution in [0.4, 0.5) is 0 Å². The summed E-state index contributed by atoms with van der Waals surface area (Å²) in [7, 11) is 0. The molecule has 3 heteroatoms. The molecule has 0 aliphatic heterocycles. The van der Waals surface area contributed by atoms with E-state index in [4.69, 9.17) is 4.74 Å². The second kappa shape index (κ2) is 5.89. The molecule has 0 heterocycles. The lowest BCUT2D eigenvalue weighted by atomic mass is 10.1. The Balaban J connectivity index is 1.85. The van der Waals surface area contributed by atoms with Gasteiger partial charge < -0.3 is 10.1 Å². The molecule has 1 atom stereocenters. The van der Waals surface area contributed by atoms with Crippen molar-refractivity contribution in [1.82, 2.24) is 5.32 Å². The molecule has 1 aromatic rings. The minimum absolute atomic E-state index is 0.0511. The number of carbonyl (C=O) groups excluding carboxylic acids is 1. The molecule has 3 nitrogen and oxygen atoms in total. The second-order valence-corrected chi connectivity index (χ2v) is 4.95. The summed E-state index contributed by atoms with van der Waals surface area (Å²) in [6, 6.07) is 6.35. The van der Waals surface area contributed by atoms with Gasteiger partial charge in [0, 0.05) is 6.04 Å². The molecule has 0 spiro atoms. The van der Waals surface area contributed by atoms with Crippen LogP contribution in [0.15, 0.2) is 18.2 Å². The number of rotatable bonds is 5. The quantitative estimate of drug-likeness (QED) is 0.868. The normalized spacial score (nSPS) is 15.0. The molecule has 0 aromatic heterocycles. The highest BCUT2D eigenvalue weighted by atomic mass is 16.5. The van der Waals surface area contributed by atoms with Crippen molar-refractivity contribution >= 4 is 5.91 Å². The molecule has 0 saturated carbocycles. The van der Waals surface area contributed by atoms with Gasteiger partial charge in [0.15, 0.2) is 6.61 Å². The molecule has 1 aliphatic rings. The molecule has 98 valence electrons. The first-order valence-corrected chi connectivity index (χ1v) is 6.73. The Kier molecular flexibility index (Phi) is 4.24. The fourth-order valence-corrected chi connectivity index (χ4v) is 2.21. The van der Waals surface area contributed by atoms with Gasteiger partial charge in [-0.2, -0.15) is 0 Å². The molecule has 2 rings (SSSR count). The molecule has 0 bridgehead atoms. The predicted molar refractivity (Wildman–Crippen MR) is 71.9 cm³/mol. The van der Waals surface area contributed by atoms with Crippen molar-refractivity contribution in [2.75, 3.05) is 6.61 Å². The Bertz CT molecular complexity index is 429. The SMILES string of the molecule is CCC(C)NC(=O)COc1ccc2c(c1)CCC2. The summed E-state index contributed by atoms with van der Waals surface area (Å²) in [6.45, 7) is 4.14. The molecule has 1 aliphatic carbocycles. The highest BCUT2D eigenvalue weighted by Gasteiger charge is 2.12. The van der Waals surface area contributed by atoms with Crippen LogP contribution in [-0.4, -0.2) is 18.6 Å². The Morgan fingerprint density at radius 1 is 1.39 bits per heavy atom. The summed E-state index contributed by atoms with van der Waals surface area (Å²) < 4.78 is 5.53. The van der Waals surface area contributed by atoms with Gasteiger partial charge in [-0.15, -0.1) is 0 Å². The smallest absolute Gasteiger partial charge is 0.258 e. The predicted octanol–water partition coefficient (Wildman–Crippen LogP) is 2.47. The van der Waals surface area contributed by atoms with Crippen molar-refractivity contribution in [3.8, 4) is 5.75 Å². The average Bonchev–Trinajstić information content (AvgIpc) is 2.83. The molecule has 0 fully saturated rings. The number of carbonyl (C=O) groups is 1. The summed E-state index contributed by atoms with van der Waals surface area (Å²) in [6.07, 6.45) is 4.47. The standard InChI is InChI=1S/C15H21NO2/c1-3-11(2)16-15(17)10-18-14-8-7-12-5-4-6-13(12)9-14/h7-9,11H,3-6,10H2,1-2H3,(H,16,17). The van der Waals surface area contributed by atoms with Crippen molar-refractivity contribution in [2.45, 2.75) is 45.6 Å². The van der Waals surface area contributed by atoms with Crippen LogP contribution in [0.2, 0.25) is 0 Å². The number of nitrogens with one attached hydrogen (secondary N) is 1. The van der Waals surface area contributed by atoms with Gasteiger partial charge in [0.1, 0.15) is 5.75 Å². The fraction of sp³-hybridized carbons (Fsp3) is 0.533. The van der Waals surface area contributed by atoms with E-state index in [1.165, 1.54) is 24.0 Å². The first kappa shape index (κ1) is 12.9. The third kappa shape index (κ3) is 3.25. The van der Waals surface area contributed by atoms with Gasteiger partial charge in [-0.3, -0.25) is 4.79 Å². The molecule has 1 N–H and O–H groups in total. The van der Waals surface area contributed by atoms with Gasteiger partial charge in [-0.05, 0) is 55.9 Å². The van der Waals surface area contributed by atoms with Crippen LogP contribution in [0.25, 0.3) is 0 Å². The van der Waals surface area contributed by atoms with Crippen molar-refractivity contribution in [3.05, 3.63) is 29.3 Å². The van der Waals surface area contributed by atoms with Gasteiger partial charge in [-0.25, -0.2) is 0 Å². The van der Waals surface area contributed by atoms with E-state index < -0.39 is 0 Å². The van der Waals surface area contributed by atoms with Crippen molar-refractivity contribution in [2.24, 2.45) is 0 Å². The number of benzene rings is 1. The Hall–Kier alpha value is -1.51. The zero-order valence-corrected chi connectivity index (χ0v) is 11.2. The lowest BCUT2D eigenvalue weighted by molar-refractivity contribution is -0.123.